The summed E-state index contributed by atoms with van der Waals surface area (Å²) >= 11 is 0. The zero-order valence-electron chi connectivity index (χ0n) is 17.7. The molecule has 168 valence electrons. The van der Waals surface area contributed by atoms with Crippen molar-refractivity contribution in [2.75, 3.05) is 32.8 Å². The van der Waals surface area contributed by atoms with Gasteiger partial charge in [0, 0.05) is 32.4 Å². The second kappa shape index (κ2) is 8.69. The first-order valence-electron chi connectivity index (χ1n) is 10.9. The van der Waals surface area contributed by atoms with Crippen molar-refractivity contribution in [3.63, 3.8) is 0 Å². The van der Waals surface area contributed by atoms with Crippen molar-refractivity contribution in [1.29, 1.82) is 0 Å². The van der Waals surface area contributed by atoms with Gasteiger partial charge in [-0.15, -0.1) is 0 Å². The molecule has 6 nitrogen and oxygen atoms in total. The van der Waals surface area contributed by atoms with Gasteiger partial charge in [0.2, 0.25) is 0 Å². The lowest BCUT2D eigenvalue weighted by molar-refractivity contribution is -0.186. The van der Waals surface area contributed by atoms with Gasteiger partial charge in [0.25, 0.3) is 5.91 Å². The Kier molecular flexibility index (Phi) is 5.75. The summed E-state index contributed by atoms with van der Waals surface area (Å²) in [4.78, 5) is 15.4. The molecule has 1 amide bonds. The van der Waals surface area contributed by atoms with Crippen molar-refractivity contribution in [1.82, 2.24) is 9.91 Å². The van der Waals surface area contributed by atoms with Gasteiger partial charge in [0.05, 0.1) is 31.5 Å². The lowest BCUT2D eigenvalue weighted by Gasteiger charge is -2.37. The highest BCUT2D eigenvalue weighted by atomic mass is 19.1. The largest absolute Gasteiger partial charge is 0.347 e. The number of carbonyl (C=O) groups excluding carboxylic acids is 1. The van der Waals surface area contributed by atoms with E-state index >= 15 is 0 Å². The van der Waals surface area contributed by atoms with Gasteiger partial charge in [-0.3, -0.25) is 9.69 Å². The molecule has 1 atom stereocenters. The van der Waals surface area contributed by atoms with Crippen molar-refractivity contribution in [3.8, 4) is 0 Å². The number of hydrogen-bond donors (Lipinski definition) is 0. The molecular weight excluding hydrogens is 416 g/mol. The summed E-state index contributed by atoms with van der Waals surface area (Å²) in [5.74, 6) is -1.27. The highest BCUT2D eigenvalue weighted by Crippen LogP contribution is 2.34. The first-order chi connectivity index (χ1) is 15.5. The predicted octanol–water partition coefficient (Wildman–Crippen LogP) is 3.48. The lowest BCUT2D eigenvalue weighted by Crippen LogP contribution is -2.48. The monoisotopic (exact) mass is 441 g/mol. The fourth-order valence-electron chi connectivity index (χ4n) is 4.60. The molecule has 2 saturated heterocycles. The van der Waals surface area contributed by atoms with Crippen LogP contribution in [0.15, 0.2) is 53.6 Å². The van der Waals surface area contributed by atoms with Crippen LogP contribution in [-0.2, 0) is 14.3 Å². The maximum absolute atomic E-state index is 13.5. The van der Waals surface area contributed by atoms with Gasteiger partial charge in [0.15, 0.2) is 5.79 Å². The Morgan fingerprint density at radius 3 is 2.19 bits per heavy atom. The van der Waals surface area contributed by atoms with Gasteiger partial charge < -0.3 is 9.47 Å². The molecule has 2 aromatic rings. The number of benzene rings is 2. The van der Waals surface area contributed by atoms with Crippen LogP contribution in [0.4, 0.5) is 8.78 Å². The van der Waals surface area contributed by atoms with Gasteiger partial charge in [-0.25, -0.2) is 13.8 Å². The molecule has 3 aliphatic rings. The van der Waals surface area contributed by atoms with E-state index in [9.17, 15) is 13.6 Å². The number of amides is 1. The van der Waals surface area contributed by atoms with Gasteiger partial charge in [-0.05, 0) is 35.4 Å². The lowest BCUT2D eigenvalue weighted by atomic mass is 9.98. The fraction of sp³-hybridized carbons (Fsp3) is 0.417. The Balaban J connectivity index is 1.33. The molecule has 0 saturated carbocycles. The quantitative estimate of drug-likeness (QED) is 0.729. The Morgan fingerprint density at radius 2 is 1.56 bits per heavy atom. The molecule has 2 fully saturated rings. The van der Waals surface area contributed by atoms with E-state index in [1.54, 1.807) is 24.3 Å². The average molecular weight is 441 g/mol. The topological polar surface area (TPSA) is 54.4 Å². The second-order valence-electron chi connectivity index (χ2n) is 8.45. The maximum Gasteiger partial charge on any atom is 0.257 e. The third-order valence-electron chi connectivity index (χ3n) is 6.39. The van der Waals surface area contributed by atoms with Gasteiger partial charge in [0.1, 0.15) is 11.6 Å². The highest BCUT2D eigenvalue weighted by molar-refractivity contribution is 6.03. The predicted molar refractivity (Wildman–Crippen MR) is 114 cm³/mol. The fourth-order valence-corrected chi connectivity index (χ4v) is 4.60. The Hall–Kier alpha value is -2.68. The minimum absolute atomic E-state index is 0.124. The molecule has 2 aromatic carbocycles. The number of piperidine rings is 1. The normalized spacial score (nSPS) is 23.0. The highest BCUT2D eigenvalue weighted by Gasteiger charge is 2.41. The zero-order chi connectivity index (χ0) is 22.1. The molecule has 0 aliphatic carbocycles. The Bertz CT molecular complexity index is 994. The number of halogens is 2. The first kappa shape index (κ1) is 21.2. The van der Waals surface area contributed by atoms with Crippen LogP contribution in [0.25, 0.3) is 0 Å². The van der Waals surface area contributed by atoms with E-state index in [0.717, 1.165) is 24.0 Å². The average Bonchev–Trinajstić information content (AvgIpc) is 3.45. The first-order valence-corrected chi connectivity index (χ1v) is 10.9. The molecule has 8 heteroatoms. The summed E-state index contributed by atoms with van der Waals surface area (Å²) < 4.78 is 38.4. The number of ether oxygens (including phenoxy) is 2. The summed E-state index contributed by atoms with van der Waals surface area (Å²) in [6.07, 6.45) is 1.94. The van der Waals surface area contributed by atoms with Crippen LogP contribution in [0.3, 0.4) is 0 Å². The van der Waals surface area contributed by atoms with Gasteiger partial charge in [-0.2, -0.15) is 5.10 Å². The van der Waals surface area contributed by atoms with Crippen LogP contribution in [0.2, 0.25) is 0 Å². The number of hydrazone groups is 1. The molecule has 0 aromatic heterocycles. The van der Waals surface area contributed by atoms with Gasteiger partial charge in [-0.1, -0.05) is 24.3 Å². The number of likely N-dealkylation sites (tertiary alicyclic amines) is 1. The van der Waals surface area contributed by atoms with E-state index in [4.69, 9.17) is 9.47 Å². The molecular formula is C24H25F2N3O3. The molecule has 3 aliphatic heterocycles. The SMILES string of the molecule is O=C(CN1CCC2(CC1)OCCO2)N1N=C(c2ccc(F)cc2)CC1c1ccc(F)cc1. The van der Waals surface area contributed by atoms with Crippen molar-refractivity contribution < 1.29 is 23.0 Å². The molecule has 3 heterocycles. The molecule has 5 rings (SSSR count). The smallest absolute Gasteiger partial charge is 0.257 e. The zero-order valence-corrected chi connectivity index (χ0v) is 17.7. The molecule has 1 unspecified atom stereocenters. The van der Waals surface area contributed by atoms with Crippen LogP contribution < -0.4 is 0 Å². The third kappa shape index (κ3) is 4.30. The van der Waals surface area contributed by atoms with Crippen molar-refractivity contribution in [3.05, 3.63) is 71.3 Å². The summed E-state index contributed by atoms with van der Waals surface area (Å²) in [7, 11) is 0. The van der Waals surface area contributed by atoms with E-state index in [1.807, 2.05) is 0 Å². The van der Waals surface area contributed by atoms with Crippen LogP contribution in [0.5, 0.6) is 0 Å². The van der Waals surface area contributed by atoms with Crippen molar-refractivity contribution in [2.45, 2.75) is 31.1 Å². The molecule has 1 spiro atoms. The third-order valence-corrected chi connectivity index (χ3v) is 6.39. The van der Waals surface area contributed by atoms with Crippen LogP contribution in [-0.4, -0.2) is 60.2 Å². The summed E-state index contributed by atoms with van der Waals surface area (Å²) in [6.45, 7) is 2.87. The minimum Gasteiger partial charge on any atom is -0.347 e. The molecule has 0 N–H and O–H groups in total. The minimum atomic E-state index is -0.488. The van der Waals surface area contributed by atoms with Crippen LogP contribution >= 0.6 is 0 Å². The number of rotatable bonds is 4. The van der Waals surface area contributed by atoms with Crippen LogP contribution in [0.1, 0.15) is 36.4 Å². The number of hydrogen-bond acceptors (Lipinski definition) is 5. The summed E-state index contributed by atoms with van der Waals surface area (Å²) in [5.41, 5.74) is 2.29. The Labute approximate surface area is 185 Å². The molecule has 0 radical (unpaired) electrons. The van der Waals surface area contributed by atoms with E-state index in [-0.39, 0.29) is 30.1 Å². The Morgan fingerprint density at radius 1 is 0.969 bits per heavy atom. The summed E-state index contributed by atoms with van der Waals surface area (Å²) in [5, 5.41) is 6.11. The van der Waals surface area contributed by atoms with E-state index in [2.05, 4.69) is 10.0 Å². The van der Waals surface area contributed by atoms with E-state index in [0.29, 0.717) is 38.4 Å². The van der Waals surface area contributed by atoms with Crippen molar-refractivity contribution in [2.24, 2.45) is 5.10 Å². The van der Waals surface area contributed by atoms with Crippen LogP contribution in [0, 0.1) is 11.6 Å². The summed E-state index contributed by atoms with van der Waals surface area (Å²) in [6, 6.07) is 11.9. The molecule has 32 heavy (non-hydrogen) atoms. The van der Waals surface area contributed by atoms with Gasteiger partial charge >= 0.3 is 0 Å². The number of nitrogens with zero attached hydrogens (tertiary/aromatic N) is 3. The second-order valence-corrected chi connectivity index (χ2v) is 8.45. The molecule has 0 bridgehead atoms. The van der Waals surface area contributed by atoms with E-state index in [1.165, 1.54) is 29.3 Å². The number of carbonyl (C=O) groups is 1. The van der Waals surface area contributed by atoms with E-state index < -0.39 is 5.79 Å². The maximum atomic E-state index is 13.5. The standard InChI is InChI=1S/C24H25F2N3O3/c25-19-5-1-17(2-6-19)21-15-22(18-3-7-20(26)8-4-18)29(27-21)23(30)16-28-11-9-24(10-12-28)31-13-14-32-24/h1-8,22H,9-16H2. The van der Waals surface area contributed by atoms with Crippen molar-refractivity contribution >= 4 is 11.6 Å².